The van der Waals surface area contributed by atoms with E-state index < -0.39 is 0 Å². The van der Waals surface area contributed by atoms with E-state index in [1.165, 1.54) is 11.8 Å². The van der Waals surface area contributed by atoms with E-state index in [2.05, 4.69) is 22.1 Å². The van der Waals surface area contributed by atoms with Gasteiger partial charge in [-0.25, -0.2) is 0 Å². The minimum atomic E-state index is -0.166. The molecule has 1 aromatic heterocycles. The van der Waals surface area contributed by atoms with Gasteiger partial charge in [-0.05, 0) is 56.2 Å². The fourth-order valence-corrected chi connectivity index (χ4v) is 3.99. The normalized spacial score (nSPS) is 10.6. The molecule has 8 nitrogen and oxygen atoms in total. The van der Waals surface area contributed by atoms with Gasteiger partial charge < -0.3 is 19.5 Å². The molecule has 1 amide bonds. The number of allylic oxidation sites excluding steroid dienone is 1. The lowest BCUT2D eigenvalue weighted by Gasteiger charge is -2.13. The highest BCUT2D eigenvalue weighted by Crippen LogP contribution is 2.29. The van der Waals surface area contributed by atoms with Gasteiger partial charge in [-0.2, -0.15) is 0 Å². The van der Waals surface area contributed by atoms with E-state index >= 15 is 0 Å². The van der Waals surface area contributed by atoms with Gasteiger partial charge in [0.25, 0.3) is 0 Å². The lowest BCUT2D eigenvalue weighted by Crippen LogP contribution is -2.15. The second-order valence-corrected chi connectivity index (χ2v) is 8.45. The summed E-state index contributed by atoms with van der Waals surface area (Å²) >= 11 is 1.30. The minimum absolute atomic E-state index is 0.166. The maximum atomic E-state index is 12.6. The van der Waals surface area contributed by atoms with E-state index in [9.17, 15) is 4.79 Å². The maximum Gasteiger partial charge on any atom is 0.234 e. The number of hydrogen-bond acceptors (Lipinski definition) is 7. The van der Waals surface area contributed by atoms with Crippen molar-refractivity contribution < 1.29 is 19.0 Å². The summed E-state index contributed by atoms with van der Waals surface area (Å²) in [5, 5.41) is 12.0. The molecule has 0 bridgehead atoms. The van der Waals surface area contributed by atoms with E-state index in [1.807, 2.05) is 61.7 Å². The fraction of sp³-hybridized carbons (Fsp3) is 0.320. The third kappa shape index (κ3) is 6.54. The summed E-state index contributed by atoms with van der Waals surface area (Å²) in [6.45, 7) is 11.0. The summed E-state index contributed by atoms with van der Waals surface area (Å²) in [6.07, 6.45) is 1.76. The molecule has 2 aromatic carbocycles. The van der Waals surface area contributed by atoms with E-state index in [0.29, 0.717) is 47.1 Å². The zero-order valence-electron chi connectivity index (χ0n) is 20.0. The summed E-state index contributed by atoms with van der Waals surface area (Å²) in [7, 11) is 1.57. The van der Waals surface area contributed by atoms with E-state index in [0.717, 1.165) is 11.1 Å². The third-order valence-corrected chi connectivity index (χ3v) is 5.79. The molecular weight excluding hydrogens is 452 g/mol. The molecule has 0 aliphatic rings. The standard InChI is InChI=1S/C25H30N4O4S/c1-6-12-29-23(15-33-21-11-9-18(4)14-22(21)32-7-2)27-28-25(29)34-16-24(30)26-19-13-17(3)8-10-20(19)31-5/h6,8-11,13-14H,1,7,12,15-16H2,2-5H3,(H,26,30). The maximum absolute atomic E-state index is 12.6. The Morgan fingerprint density at radius 1 is 1.09 bits per heavy atom. The zero-order valence-corrected chi connectivity index (χ0v) is 20.8. The number of nitrogens with one attached hydrogen (secondary N) is 1. The number of aryl methyl sites for hydroxylation is 2. The van der Waals surface area contributed by atoms with Crippen LogP contribution in [0.5, 0.6) is 17.2 Å². The van der Waals surface area contributed by atoms with E-state index in [4.69, 9.17) is 14.2 Å². The first kappa shape index (κ1) is 25.2. The van der Waals surface area contributed by atoms with Crippen molar-refractivity contribution in [2.45, 2.75) is 39.1 Å². The number of anilines is 1. The third-order valence-electron chi connectivity index (χ3n) is 4.82. The van der Waals surface area contributed by atoms with Gasteiger partial charge in [0.2, 0.25) is 5.91 Å². The summed E-state index contributed by atoms with van der Waals surface area (Å²) in [5.41, 5.74) is 2.75. The number of methoxy groups -OCH3 is 1. The number of rotatable bonds is 12. The first-order valence-electron chi connectivity index (χ1n) is 10.9. The van der Waals surface area contributed by atoms with Crippen LogP contribution < -0.4 is 19.5 Å². The van der Waals surface area contributed by atoms with Gasteiger partial charge in [0.1, 0.15) is 12.4 Å². The monoisotopic (exact) mass is 482 g/mol. The Hall–Kier alpha value is -3.46. The number of thioether (sulfide) groups is 1. The summed E-state index contributed by atoms with van der Waals surface area (Å²) in [6, 6.07) is 11.4. The van der Waals surface area contributed by atoms with Gasteiger partial charge in [-0.3, -0.25) is 9.36 Å². The molecule has 0 saturated carbocycles. The Bertz CT molecular complexity index is 1150. The minimum Gasteiger partial charge on any atom is -0.495 e. The molecule has 0 fully saturated rings. The van der Waals surface area contributed by atoms with Crippen LogP contribution >= 0.6 is 11.8 Å². The molecular formula is C25H30N4O4S. The zero-order chi connectivity index (χ0) is 24.5. The highest BCUT2D eigenvalue weighted by molar-refractivity contribution is 7.99. The number of ether oxygens (including phenoxy) is 3. The molecule has 1 heterocycles. The predicted molar refractivity (Wildman–Crippen MR) is 134 cm³/mol. The lowest BCUT2D eigenvalue weighted by molar-refractivity contribution is -0.113. The summed E-state index contributed by atoms with van der Waals surface area (Å²) in [4.78, 5) is 12.6. The van der Waals surface area contributed by atoms with Crippen molar-refractivity contribution in [3.8, 4) is 17.2 Å². The van der Waals surface area contributed by atoms with Gasteiger partial charge in [0.15, 0.2) is 22.5 Å². The Morgan fingerprint density at radius 3 is 2.53 bits per heavy atom. The molecule has 3 rings (SSSR count). The first-order valence-corrected chi connectivity index (χ1v) is 11.9. The van der Waals surface area contributed by atoms with Crippen LogP contribution in [0.3, 0.4) is 0 Å². The molecule has 1 N–H and O–H groups in total. The van der Waals surface area contributed by atoms with Crippen LogP contribution in [0.1, 0.15) is 23.9 Å². The topological polar surface area (TPSA) is 87.5 Å². The number of benzene rings is 2. The average molecular weight is 483 g/mol. The Balaban J connectivity index is 1.67. The SMILES string of the molecule is C=CCn1c(COc2ccc(C)cc2OCC)nnc1SCC(=O)Nc1cc(C)ccc1OC. The molecule has 0 unspecified atom stereocenters. The van der Waals surface area contributed by atoms with Crippen LogP contribution in [0.25, 0.3) is 0 Å². The fourth-order valence-electron chi connectivity index (χ4n) is 3.23. The van der Waals surface area contributed by atoms with Gasteiger partial charge in [0, 0.05) is 6.54 Å². The van der Waals surface area contributed by atoms with Crippen LogP contribution in [-0.2, 0) is 17.9 Å². The molecule has 0 atom stereocenters. The number of carbonyl (C=O) groups is 1. The van der Waals surface area contributed by atoms with Gasteiger partial charge in [0.05, 0.1) is 25.2 Å². The molecule has 0 aliphatic carbocycles. The highest BCUT2D eigenvalue weighted by atomic mass is 32.2. The largest absolute Gasteiger partial charge is 0.495 e. The van der Waals surface area contributed by atoms with E-state index in [-0.39, 0.29) is 18.3 Å². The molecule has 0 saturated heterocycles. The summed E-state index contributed by atoms with van der Waals surface area (Å²) < 4.78 is 18.9. The van der Waals surface area contributed by atoms with Crippen LogP contribution in [0.4, 0.5) is 5.69 Å². The number of amides is 1. The van der Waals surface area contributed by atoms with Gasteiger partial charge >= 0.3 is 0 Å². The van der Waals surface area contributed by atoms with Gasteiger partial charge in [-0.1, -0.05) is 30.0 Å². The van der Waals surface area contributed by atoms with Crippen molar-refractivity contribution in [3.63, 3.8) is 0 Å². The Kier molecular flexibility index (Phi) is 8.98. The van der Waals surface area contributed by atoms with Crippen molar-refractivity contribution in [3.05, 3.63) is 66.0 Å². The molecule has 34 heavy (non-hydrogen) atoms. The number of nitrogens with zero attached hydrogens (tertiary/aromatic N) is 3. The Labute approximate surface area is 204 Å². The van der Waals surface area contributed by atoms with Crippen LogP contribution in [-0.4, -0.2) is 40.1 Å². The highest BCUT2D eigenvalue weighted by Gasteiger charge is 2.16. The molecule has 9 heteroatoms. The average Bonchev–Trinajstić information content (AvgIpc) is 3.19. The van der Waals surface area contributed by atoms with Crippen molar-refractivity contribution in [1.82, 2.24) is 14.8 Å². The van der Waals surface area contributed by atoms with Crippen molar-refractivity contribution in [2.75, 3.05) is 24.8 Å². The number of carbonyl (C=O) groups excluding carboxylic acids is 1. The molecule has 0 aliphatic heterocycles. The van der Waals surface area contributed by atoms with Gasteiger partial charge in [-0.15, -0.1) is 16.8 Å². The molecule has 180 valence electrons. The van der Waals surface area contributed by atoms with Crippen LogP contribution in [0, 0.1) is 13.8 Å². The first-order chi connectivity index (χ1) is 16.4. The molecule has 3 aromatic rings. The quantitative estimate of drug-likeness (QED) is 0.293. The van der Waals surface area contributed by atoms with Crippen molar-refractivity contribution in [1.29, 1.82) is 0 Å². The summed E-state index contributed by atoms with van der Waals surface area (Å²) in [5.74, 6) is 2.57. The predicted octanol–water partition coefficient (Wildman–Crippen LogP) is 4.80. The molecule has 0 spiro atoms. The lowest BCUT2D eigenvalue weighted by atomic mass is 10.2. The number of aromatic nitrogens is 3. The van der Waals surface area contributed by atoms with E-state index in [1.54, 1.807) is 13.2 Å². The second kappa shape index (κ2) is 12.1. The van der Waals surface area contributed by atoms with Crippen LogP contribution in [0.2, 0.25) is 0 Å². The smallest absolute Gasteiger partial charge is 0.234 e. The molecule has 0 radical (unpaired) electrons. The van der Waals surface area contributed by atoms with Crippen molar-refractivity contribution >= 4 is 23.4 Å². The number of hydrogen-bond donors (Lipinski definition) is 1. The van der Waals surface area contributed by atoms with Crippen molar-refractivity contribution in [2.24, 2.45) is 0 Å². The Morgan fingerprint density at radius 2 is 1.82 bits per heavy atom. The second-order valence-electron chi connectivity index (χ2n) is 7.51. The van der Waals surface area contributed by atoms with Crippen LogP contribution in [0.15, 0.2) is 54.2 Å².